The van der Waals surface area contributed by atoms with Gasteiger partial charge in [-0.25, -0.2) is 9.78 Å². The van der Waals surface area contributed by atoms with E-state index in [1.807, 2.05) is 29.3 Å². The zero-order valence-corrected chi connectivity index (χ0v) is 15.1. The first-order chi connectivity index (χ1) is 12.8. The number of anilines is 1. The lowest BCUT2D eigenvalue weighted by Crippen LogP contribution is -2.54. The molecule has 5 heteroatoms. The van der Waals surface area contributed by atoms with Crippen molar-refractivity contribution in [3.63, 3.8) is 0 Å². The molecule has 0 unspecified atom stereocenters. The molecule has 2 fully saturated rings. The molecule has 136 valence electrons. The number of benzene rings is 1. The second kappa shape index (κ2) is 7.36. The summed E-state index contributed by atoms with van der Waals surface area (Å²) in [4.78, 5) is 21.2. The number of carbonyl (C=O) groups is 1. The first-order valence-corrected chi connectivity index (χ1v) is 9.51. The van der Waals surface area contributed by atoms with Crippen molar-refractivity contribution in [2.75, 3.05) is 37.6 Å². The molecule has 4 rings (SSSR count). The SMILES string of the molecule is O=C(NCC1(c2ccccc2)CCC1)N1CCN(c2ccccn2)CC1. The van der Waals surface area contributed by atoms with Gasteiger partial charge in [0.05, 0.1) is 0 Å². The first kappa shape index (κ1) is 16.9. The highest BCUT2D eigenvalue weighted by molar-refractivity contribution is 5.74. The minimum absolute atomic E-state index is 0.0628. The molecule has 0 bridgehead atoms. The fourth-order valence-corrected chi connectivity index (χ4v) is 4.00. The summed E-state index contributed by atoms with van der Waals surface area (Å²) in [5.74, 6) is 0.991. The van der Waals surface area contributed by atoms with Gasteiger partial charge in [0.1, 0.15) is 5.82 Å². The summed E-state index contributed by atoms with van der Waals surface area (Å²) in [5.41, 5.74) is 1.48. The Morgan fingerprint density at radius 3 is 2.35 bits per heavy atom. The number of rotatable bonds is 4. The molecule has 26 heavy (non-hydrogen) atoms. The molecule has 2 aliphatic rings. The van der Waals surface area contributed by atoms with Crippen molar-refractivity contribution in [3.8, 4) is 0 Å². The number of hydrogen-bond donors (Lipinski definition) is 1. The second-order valence-corrected chi connectivity index (χ2v) is 7.32. The maximum Gasteiger partial charge on any atom is 0.317 e. The summed E-state index contributed by atoms with van der Waals surface area (Å²) in [5, 5.41) is 3.20. The predicted octanol–water partition coefficient (Wildman–Crippen LogP) is 3.04. The van der Waals surface area contributed by atoms with Crippen LogP contribution in [0.2, 0.25) is 0 Å². The fraction of sp³-hybridized carbons (Fsp3) is 0.429. The van der Waals surface area contributed by atoms with Crippen LogP contribution in [0.3, 0.4) is 0 Å². The van der Waals surface area contributed by atoms with E-state index in [-0.39, 0.29) is 11.4 Å². The summed E-state index contributed by atoms with van der Waals surface area (Å²) in [7, 11) is 0. The predicted molar refractivity (Wildman–Crippen MR) is 103 cm³/mol. The molecule has 0 spiro atoms. The normalized spacial score (nSPS) is 18.9. The lowest BCUT2D eigenvalue weighted by Gasteiger charge is -2.43. The Kier molecular flexibility index (Phi) is 4.78. The summed E-state index contributed by atoms with van der Waals surface area (Å²) in [6.07, 6.45) is 5.37. The Hall–Kier alpha value is -2.56. The van der Waals surface area contributed by atoms with Gasteiger partial charge in [-0.15, -0.1) is 0 Å². The number of amides is 2. The topological polar surface area (TPSA) is 48.5 Å². The van der Waals surface area contributed by atoms with Gasteiger partial charge >= 0.3 is 6.03 Å². The van der Waals surface area contributed by atoms with Gasteiger partial charge < -0.3 is 15.1 Å². The zero-order chi connectivity index (χ0) is 17.8. The fourth-order valence-electron chi connectivity index (χ4n) is 4.00. The van der Waals surface area contributed by atoms with Crippen molar-refractivity contribution in [2.45, 2.75) is 24.7 Å². The van der Waals surface area contributed by atoms with Crippen LogP contribution in [0.25, 0.3) is 0 Å². The van der Waals surface area contributed by atoms with Crippen LogP contribution in [0.1, 0.15) is 24.8 Å². The van der Waals surface area contributed by atoms with Crippen molar-refractivity contribution in [1.29, 1.82) is 0 Å². The summed E-state index contributed by atoms with van der Waals surface area (Å²) in [6, 6.07) is 16.6. The number of urea groups is 1. The van der Waals surface area contributed by atoms with Gasteiger partial charge in [0.2, 0.25) is 0 Å². The highest BCUT2D eigenvalue weighted by Gasteiger charge is 2.39. The maximum absolute atomic E-state index is 12.6. The van der Waals surface area contributed by atoms with E-state index in [0.29, 0.717) is 0 Å². The van der Waals surface area contributed by atoms with Crippen LogP contribution >= 0.6 is 0 Å². The van der Waals surface area contributed by atoms with Crippen LogP contribution in [-0.2, 0) is 5.41 Å². The maximum atomic E-state index is 12.6. The third-order valence-corrected chi connectivity index (χ3v) is 5.81. The Morgan fingerprint density at radius 1 is 1.00 bits per heavy atom. The molecule has 0 radical (unpaired) electrons. The van der Waals surface area contributed by atoms with Crippen LogP contribution in [0.4, 0.5) is 10.6 Å². The van der Waals surface area contributed by atoms with E-state index in [1.165, 1.54) is 12.0 Å². The molecule has 1 saturated heterocycles. The molecule has 1 aromatic carbocycles. The standard InChI is InChI=1S/C21H26N4O/c26-20(23-17-21(10-6-11-21)18-7-2-1-3-8-18)25-15-13-24(14-16-25)19-9-4-5-12-22-19/h1-5,7-9,12H,6,10-11,13-17H2,(H,23,26). The molecule has 2 amide bonds. The van der Waals surface area contributed by atoms with E-state index in [1.54, 1.807) is 0 Å². The van der Waals surface area contributed by atoms with Gasteiger partial charge in [0.15, 0.2) is 0 Å². The molecule has 5 nitrogen and oxygen atoms in total. The van der Waals surface area contributed by atoms with Gasteiger partial charge in [0, 0.05) is 44.3 Å². The highest BCUT2D eigenvalue weighted by Crippen LogP contribution is 2.43. The van der Waals surface area contributed by atoms with Crippen LogP contribution < -0.4 is 10.2 Å². The number of aromatic nitrogens is 1. The number of hydrogen-bond acceptors (Lipinski definition) is 3. The molecule has 1 N–H and O–H groups in total. The average Bonchev–Trinajstić information content (AvgIpc) is 2.69. The molecule has 2 heterocycles. The molecule has 1 aromatic heterocycles. The minimum Gasteiger partial charge on any atom is -0.353 e. The summed E-state index contributed by atoms with van der Waals surface area (Å²) >= 11 is 0. The average molecular weight is 350 g/mol. The monoisotopic (exact) mass is 350 g/mol. The van der Waals surface area contributed by atoms with E-state index in [4.69, 9.17) is 0 Å². The van der Waals surface area contributed by atoms with E-state index < -0.39 is 0 Å². The summed E-state index contributed by atoms with van der Waals surface area (Å²) in [6.45, 7) is 3.86. The van der Waals surface area contributed by atoms with Gasteiger partial charge in [-0.2, -0.15) is 0 Å². The lowest BCUT2D eigenvalue weighted by atomic mass is 9.64. The van der Waals surface area contributed by atoms with E-state index in [2.05, 4.69) is 45.5 Å². The largest absolute Gasteiger partial charge is 0.353 e. The van der Waals surface area contributed by atoms with Crippen molar-refractivity contribution >= 4 is 11.8 Å². The van der Waals surface area contributed by atoms with Gasteiger partial charge in [-0.3, -0.25) is 0 Å². The highest BCUT2D eigenvalue weighted by atomic mass is 16.2. The van der Waals surface area contributed by atoms with Gasteiger partial charge in [-0.1, -0.05) is 42.8 Å². The number of nitrogens with one attached hydrogen (secondary N) is 1. The van der Waals surface area contributed by atoms with Crippen LogP contribution in [0.15, 0.2) is 54.7 Å². The number of piperazine rings is 1. The molecular formula is C21H26N4O. The molecule has 1 saturated carbocycles. The minimum atomic E-state index is 0.0628. The quantitative estimate of drug-likeness (QED) is 0.922. The Labute approximate surface area is 155 Å². The Balaban J connectivity index is 1.31. The van der Waals surface area contributed by atoms with Crippen molar-refractivity contribution in [2.24, 2.45) is 0 Å². The zero-order valence-electron chi connectivity index (χ0n) is 15.1. The third-order valence-electron chi connectivity index (χ3n) is 5.81. The molecular weight excluding hydrogens is 324 g/mol. The number of pyridine rings is 1. The van der Waals surface area contributed by atoms with Crippen molar-refractivity contribution < 1.29 is 4.79 Å². The molecule has 1 aliphatic carbocycles. The van der Waals surface area contributed by atoms with Crippen molar-refractivity contribution in [1.82, 2.24) is 15.2 Å². The van der Waals surface area contributed by atoms with Gasteiger partial charge in [0.25, 0.3) is 0 Å². The smallest absolute Gasteiger partial charge is 0.317 e. The van der Waals surface area contributed by atoms with E-state index >= 15 is 0 Å². The molecule has 0 atom stereocenters. The third kappa shape index (κ3) is 3.39. The Bertz CT molecular complexity index is 722. The second-order valence-electron chi connectivity index (χ2n) is 7.32. The van der Waals surface area contributed by atoms with Gasteiger partial charge in [-0.05, 0) is 30.5 Å². The van der Waals surface area contributed by atoms with Crippen molar-refractivity contribution in [3.05, 3.63) is 60.3 Å². The van der Waals surface area contributed by atoms with Crippen LogP contribution in [-0.4, -0.2) is 48.6 Å². The van der Waals surface area contributed by atoms with E-state index in [0.717, 1.165) is 51.4 Å². The number of carbonyl (C=O) groups excluding carboxylic acids is 1. The lowest BCUT2D eigenvalue weighted by molar-refractivity contribution is 0.180. The van der Waals surface area contributed by atoms with Crippen LogP contribution in [0, 0.1) is 0 Å². The summed E-state index contributed by atoms with van der Waals surface area (Å²) < 4.78 is 0. The Morgan fingerprint density at radius 2 is 1.73 bits per heavy atom. The molecule has 1 aliphatic heterocycles. The first-order valence-electron chi connectivity index (χ1n) is 9.51. The molecule has 2 aromatic rings. The van der Waals surface area contributed by atoms with E-state index in [9.17, 15) is 4.79 Å². The van der Waals surface area contributed by atoms with Crippen LogP contribution in [0.5, 0.6) is 0 Å². The number of nitrogens with zero attached hydrogens (tertiary/aromatic N) is 3.